The molecule has 0 aromatic carbocycles. The van der Waals surface area contributed by atoms with Crippen LogP contribution in [0.1, 0.15) is 46.0 Å². The quantitative estimate of drug-likeness (QED) is 0.786. The van der Waals surface area contributed by atoms with Gasteiger partial charge in [-0.25, -0.2) is 4.98 Å². The molecule has 7 heteroatoms. The zero-order valence-corrected chi connectivity index (χ0v) is 17.5. The van der Waals surface area contributed by atoms with Gasteiger partial charge in [0.2, 0.25) is 11.8 Å². The van der Waals surface area contributed by atoms with Gasteiger partial charge in [-0.05, 0) is 56.3 Å². The van der Waals surface area contributed by atoms with E-state index >= 15 is 0 Å². The molecule has 1 aromatic rings. The minimum absolute atomic E-state index is 0.0102. The predicted octanol–water partition coefficient (Wildman–Crippen LogP) is 3.33. The SMILES string of the molecule is CC1CCCC(NC(=O)CN2CCC(C(=O)Nc3ccc(Cl)cn3)CC2)C1C. The molecule has 1 saturated heterocycles. The first kappa shape index (κ1) is 21.1. The maximum Gasteiger partial charge on any atom is 0.234 e. The highest BCUT2D eigenvalue weighted by Crippen LogP contribution is 2.29. The summed E-state index contributed by atoms with van der Waals surface area (Å²) in [6.07, 6.45) is 6.56. The molecular weight excluding hydrogens is 376 g/mol. The molecule has 3 atom stereocenters. The minimum atomic E-state index is -0.0454. The van der Waals surface area contributed by atoms with Crippen LogP contribution in [-0.2, 0) is 9.59 Å². The summed E-state index contributed by atoms with van der Waals surface area (Å²) in [6.45, 7) is 6.46. The monoisotopic (exact) mass is 406 g/mol. The number of amides is 2. The number of rotatable bonds is 5. The third-order valence-electron chi connectivity index (χ3n) is 6.36. The van der Waals surface area contributed by atoms with E-state index in [1.165, 1.54) is 19.0 Å². The van der Waals surface area contributed by atoms with E-state index in [1.807, 2.05) is 0 Å². The fourth-order valence-electron chi connectivity index (χ4n) is 4.27. The van der Waals surface area contributed by atoms with Crippen molar-refractivity contribution in [3.8, 4) is 0 Å². The Balaban J connectivity index is 1.40. The summed E-state index contributed by atoms with van der Waals surface area (Å²) in [5, 5.41) is 6.63. The number of halogens is 1. The number of hydrogen-bond donors (Lipinski definition) is 2. The number of likely N-dealkylation sites (tertiary alicyclic amines) is 1. The third-order valence-corrected chi connectivity index (χ3v) is 6.58. The van der Waals surface area contributed by atoms with Crippen LogP contribution in [0.4, 0.5) is 5.82 Å². The first-order valence-electron chi connectivity index (χ1n) is 10.4. The van der Waals surface area contributed by atoms with Gasteiger partial charge >= 0.3 is 0 Å². The largest absolute Gasteiger partial charge is 0.352 e. The third kappa shape index (κ3) is 5.67. The average molecular weight is 407 g/mol. The van der Waals surface area contributed by atoms with Crippen LogP contribution in [0.2, 0.25) is 5.02 Å². The standard InChI is InChI=1S/C21H31ClN4O2/c1-14-4-3-5-18(15(14)2)24-20(27)13-26-10-8-16(9-11-26)21(28)25-19-7-6-17(22)12-23-19/h6-7,12,14-16,18H,3-5,8-11,13H2,1-2H3,(H,24,27)(H,23,25,28). The molecule has 2 amide bonds. The molecule has 6 nitrogen and oxygen atoms in total. The van der Waals surface area contributed by atoms with Crippen LogP contribution in [0.15, 0.2) is 18.3 Å². The van der Waals surface area contributed by atoms with Crippen molar-refractivity contribution >= 4 is 29.2 Å². The van der Waals surface area contributed by atoms with E-state index in [-0.39, 0.29) is 17.7 Å². The number of piperidine rings is 1. The van der Waals surface area contributed by atoms with Gasteiger partial charge in [-0.2, -0.15) is 0 Å². The van der Waals surface area contributed by atoms with Crippen LogP contribution in [-0.4, -0.2) is 47.4 Å². The second-order valence-electron chi connectivity index (χ2n) is 8.34. The summed E-state index contributed by atoms with van der Waals surface area (Å²) in [5.74, 6) is 1.78. The van der Waals surface area contributed by atoms with E-state index in [2.05, 4.69) is 34.4 Å². The number of nitrogens with zero attached hydrogens (tertiary/aromatic N) is 2. The summed E-state index contributed by atoms with van der Waals surface area (Å²) in [7, 11) is 0. The lowest BCUT2D eigenvalue weighted by molar-refractivity contribution is -0.124. The first-order chi connectivity index (χ1) is 13.4. The molecule has 0 spiro atoms. The molecule has 3 unspecified atom stereocenters. The van der Waals surface area contributed by atoms with E-state index in [0.717, 1.165) is 32.4 Å². The van der Waals surface area contributed by atoms with Crippen molar-refractivity contribution in [2.75, 3.05) is 25.0 Å². The number of nitrogens with one attached hydrogen (secondary N) is 2. The summed E-state index contributed by atoms with van der Waals surface area (Å²) in [6, 6.07) is 3.71. The van der Waals surface area contributed by atoms with Gasteiger partial charge in [-0.15, -0.1) is 0 Å². The van der Waals surface area contributed by atoms with Crippen LogP contribution in [0.3, 0.4) is 0 Å². The van der Waals surface area contributed by atoms with Crippen molar-refractivity contribution in [3.05, 3.63) is 23.4 Å². The van der Waals surface area contributed by atoms with Crippen molar-refractivity contribution < 1.29 is 9.59 Å². The maximum absolute atomic E-state index is 12.5. The lowest BCUT2D eigenvalue weighted by atomic mass is 9.78. The number of hydrogen-bond acceptors (Lipinski definition) is 4. The Hall–Kier alpha value is -1.66. The minimum Gasteiger partial charge on any atom is -0.352 e. The first-order valence-corrected chi connectivity index (χ1v) is 10.7. The molecule has 2 N–H and O–H groups in total. The van der Waals surface area contributed by atoms with Gasteiger partial charge in [-0.3, -0.25) is 14.5 Å². The molecule has 2 aliphatic rings. The average Bonchev–Trinajstić information content (AvgIpc) is 2.68. The van der Waals surface area contributed by atoms with E-state index in [9.17, 15) is 9.59 Å². The molecule has 2 heterocycles. The second kappa shape index (κ2) is 9.70. The number of pyridine rings is 1. The van der Waals surface area contributed by atoms with Gasteiger partial charge in [0.1, 0.15) is 5.82 Å². The van der Waals surface area contributed by atoms with Crippen LogP contribution in [0.25, 0.3) is 0 Å². The van der Waals surface area contributed by atoms with Gasteiger partial charge in [0.25, 0.3) is 0 Å². The molecule has 154 valence electrons. The van der Waals surface area contributed by atoms with Crippen LogP contribution < -0.4 is 10.6 Å². The summed E-state index contributed by atoms with van der Waals surface area (Å²) >= 11 is 5.82. The fraction of sp³-hybridized carbons (Fsp3) is 0.667. The van der Waals surface area contributed by atoms with Crippen LogP contribution >= 0.6 is 11.6 Å². The Morgan fingerprint density at radius 2 is 1.93 bits per heavy atom. The smallest absolute Gasteiger partial charge is 0.234 e. The molecular formula is C21H31ClN4O2. The van der Waals surface area contributed by atoms with Crippen molar-refractivity contribution in [2.45, 2.75) is 52.0 Å². The summed E-state index contributed by atoms with van der Waals surface area (Å²) in [5.41, 5.74) is 0. The highest BCUT2D eigenvalue weighted by Gasteiger charge is 2.30. The molecule has 28 heavy (non-hydrogen) atoms. The molecule has 0 bridgehead atoms. The Labute approximate surface area is 172 Å². The van der Waals surface area contributed by atoms with Gasteiger partial charge in [0.15, 0.2) is 0 Å². The van der Waals surface area contributed by atoms with E-state index in [4.69, 9.17) is 11.6 Å². The lowest BCUT2D eigenvalue weighted by Crippen LogP contribution is -2.49. The number of anilines is 1. The molecule has 1 saturated carbocycles. The lowest BCUT2D eigenvalue weighted by Gasteiger charge is -2.36. The number of carbonyl (C=O) groups excluding carboxylic acids is 2. The van der Waals surface area contributed by atoms with E-state index < -0.39 is 0 Å². The summed E-state index contributed by atoms with van der Waals surface area (Å²) < 4.78 is 0. The summed E-state index contributed by atoms with van der Waals surface area (Å²) in [4.78, 5) is 31.1. The molecule has 1 aliphatic carbocycles. The highest BCUT2D eigenvalue weighted by molar-refractivity contribution is 6.30. The van der Waals surface area contributed by atoms with Crippen molar-refractivity contribution in [2.24, 2.45) is 17.8 Å². The second-order valence-corrected chi connectivity index (χ2v) is 8.78. The molecule has 3 rings (SSSR count). The Bertz CT molecular complexity index is 673. The molecule has 1 aliphatic heterocycles. The predicted molar refractivity (Wildman–Crippen MR) is 111 cm³/mol. The van der Waals surface area contributed by atoms with Crippen molar-refractivity contribution in [1.82, 2.24) is 15.2 Å². The van der Waals surface area contributed by atoms with Gasteiger partial charge in [0, 0.05) is 18.2 Å². The molecule has 1 aromatic heterocycles. The molecule has 0 radical (unpaired) electrons. The van der Waals surface area contributed by atoms with Crippen molar-refractivity contribution in [1.29, 1.82) is 0 Å². The molecule has 2 fully saturated rings. The van der Waals surface area contributed by atoms with Crippen LogP contribution in [0, 0.1) is 17.8 Å². The van der Waals surface area contributed by atoms with E-state index in [0.29, 0.717) is 35.3 Å². The zero-order valence-electron chi connectivity index (χ0n) is 16.8. The van der Waals surface area contributed by atoms with Crippen LogP contribution in [0.5, 0.6) is 0 Å². The maximum atomic E-state index is 12.5. The highest BCUT2D eigenvalue weighted by atomic mass is 35.5. The number of aromatic nitrogens is 1. The van der Waals surface area contributed by atoms with Gasteiger partial charge < -0.3 is 10.6 Å². The Kier molecular flexibility index (Phi) is 7.30. The Morgan fingerprint density at radius 1 is 1.18 bits per heavy atom. The van der Waals surface area contributed by atoms with Gasteiger partial charge in [-0.1, -0.05) is 38.3 Å². The van der Waals surface area contributed by atoms with Gasteiger partial charge in [0.05, 0.1) is 11.6 Å². The van der Waals surface area contributed by atoms with Crippen molar-refractivity contribution in [3.63, 3.8) is 0 Å². The normalized spacial score (nSPS) is 26.6. The topological polar surface area (TPSA) is 74.3 Å². The fourth-order valence-corrected chi connectivity index (χ4v) is 4.38. The zero-order chi connectivity index (χ0) is 20.1. The Morgan fingerprint density at radius 3 is 2.61 bits per heavy atom. The number of carbonyl (C=O) groups is 2. The van der Waals surface area contributed by atoms with E-state index in [1.54, 1.807) is 12.1 Å².